The minimum Gasteiger partial charge on any atom is -0.486 e. The van der Waals surface area contributed by atoms with Crippen LogP contribution in [0.25, 0.3) is 0 Å². The van der Waals surface area contributed by atoms with Gasteiger partial charge in [-0.05, 0) is 19.1 Å². The summed E-state index contributed by atoms with van der Waals surface area (Å²) in [5.41, 5.74) is 2.30. The molecular weight excluding hydrogens is 332 g/mol. The lowest BCUT2D eigenvalue weighted by Crippen LogP contribution is -2.39. The number of hydrogen-bond acceptors (Lipinski definition) is 6. The van der Waals surface area contributed by atoms with Gasteiger partial charge in [0.15, 0.2) is 11.5 Å². The van der Waals surface area contributed by atoms with Gasteiger partial charge in [-0.3, -0.25) is 4.68 Å². The lowest BCUT2D eigenvalue weighted by molar-refractivity contribution is 0.0902. The van der Waals surface area contributed by atoms with Crippen molar-refractivity contribution in [1.82, 2.24) is 15.1 Å². The molecule has 0 spiro atoms. The number of hydrogen-bond donors (Lipinski definition) is 1. The van der Waals surface area contributed by atoms with Gasteiger partial charge in [0.2, 0.25) is 0 Å². The van der Waals surface area contributed by atoms with Crippen LogP contribution in [0.2, 0.25) is 0 Å². The second-order valence-electron chi connectivity index (χ2n) is 6.74. The molecule has 26 heavy (non-hydrogen) atoms. The highest BCUT2D eigenvalue weighted by molar-refractivity contribution is 5.50. The fourth-order valence-electron chi connectivity index (χ4n) is 3.59. The van der Waals surface area contributed by atoms with E-state index < -0.39 is 0 Å². The van der Waals surface area contributed by atoms with E-state index in [1.807, 2.05) is 36.0 Å². The molecule has 2 aromatic rings. The van der Waals surface area contributed by atoms with Gasteiger partial charge >= 0.3 is 0 Å². The molecule has 0 aliphatic carbocycles. The monoisotopic (exact) mass is 358 g/mol. The van der Waals surface area contributed by atoms with Gasteiger partial charge in [-0.25, -0.2) is 0 Å². The molecule has 1 aromatic heterocycles. The molecule has 2 aliphatic rings. The number of fused-ring (bicyclic) bond motifs is 1. The van der Waals surface area contributed by atoms with Crippen molar-refractivity contribution in [1.29, 1.82) is 0 Å². The molecule has 1 aromatic carbocycles. The van der Waals surface area contributed by atoms with Gasteiger partial charge in [0.1, 0.15) is 18.5 Å². The van der Waals surface area contributed by atoms with Gasteiger partial charge in [-0.2, -0.15) is 5.10 Å². The van der Waals surface area contributed by atoms with Crippen LogP contribution in [0.1, 0.15) is 11.3 Å². The van der Waals surface area contributed by atoms with Crippen molar-refractivity contribution in [3.8, 4) is 11.5 Å². The summed E-state index contributed by atoms with van der Waals surface area (Å²) in [6.45, 7) is 7.46. The molecule has 1 N–H and O–H groups in total. The molecule has 0 radical (unpaired) electrons. The average molecular weight is 358 g/mol. The van der Waals surface area contributed by atoms with E-state index in [4.69, 9.17) is 14.2 Å². The number of benzene rings is 1. The highest BCUT2D eigenvalue weighted by Crippen LogP contribution is 2.30. The zero-order chi connectivity index (χ0) is 17.9. The Morgan fingerprint density at radius 1 is 1.19 bits per heavy atom. The Balaban J connectivity index is 1.38. The van der Waals surface area contributed by atoms with Gasteiger partial charge in [0, 0.05) is 38.8 Å². The number of nitrogens with one attached hydrogen (secondary N) is 1. The molecule has 1 fully saturated rings. The van der Waals surface area contributed by atoms with Crippen LogP contribution in [0.5, 0.6) is 11.5 Å². The summed E-state index contributed by atoms with van der Waals surface area (Å²) in [5, 5.41) is 8.14. The molecule has 0 bridgehead atoms. The second-order valence-corrected chi connectivity index (χ2v) is 6.74. The number of anilines is 1. The van der Waals surface area contributed by atoms with Crippen LogP contribution < -0.4 is 19.7 Å². The molecule has 7 heteroatoms. The van der Waals surface area contributed by atoms with Crippen LogP contribution in [0, 0.1) is 6.92 Å². The average Bonchev–Trinajstić information content (AvgIpc) is 2.95. The van der Waals surface area contributed by atoms with Crippen LogP contribution in [0.3, 0.4) is 0 Å². The van der Waals surface area contributed by atoms with Crippen LogP contribution in [-0.2, 0) is 18.3 Å². The summed E-state index contributed by atoms with van der Waals surface area (Å²) < 4.78 is 19.3. The quantitative estimate of drug-likeness (QED) is 0.874. The Morgan fingerprint density at radius 2 is 1.96 bits per heavy atom. The van der Waals surface area contributed by atoms with E-state index in [2.05, 4.69) is 22.2 Å². The van der Waals surface area contributed by atoms with Crippen molar-refractivity contribution in [3.63, 3.8) is 0 Å². The van der Waals surface area contributed by atoms with Crippen molar-refractivity contribution in [2.24, 2.45) is 7.05 Å². The Kier molecular flexibility index (Phi) is 4.99. The number of nitrogens with zero attached hydrogens (tertiary/aromatic N) is 3. The van der Waals surface area contributed by atoms with E-state index in [0.29, 0.717) is 6.61 Å². The van der Waals surface area contributed by atoms with Crippen molar-refractivity contribution < 1.29 is 14.2 Å². The Morgan fingerprint density at radius 3 is 2.77 bits per heavy atom. The third kappa shape index (κ3) is 3.50. The smallest absolute Gasteiger partial charge is 0.161 e. The van der Waals surface area contributed by atoms with E-state index in [1.54, 1.807) is 0 Å². The summed E-state index contributed by atoms with van der Waals surface area (Å²) in [7, 11) is 2.01. The maximum atomic E-state index is 6.02. The van der Waals surface area contributed by atoms with Gasteiger partial charge < -0.3 is 24.4 Å². The van der Waals surface area contributed by atoms with E-state index in [9.17, 15) is 0 Å². The van der Waals surface area contributed by atoms with Gasteiger partial charge in [0.05, 0.1) is 18.9 Å². The highest BCUT2D eigenvalue weighted by atomic mass is 16.6. The highest BCUT2D eigenvalue weighted by Gasteiger charge is 2.23. The number of aryl methyl sites for hydroxylation is 2. The fourth-order valence-corrected chi connectivity index (χ4v) is 3.59. The topological polar surface area (TPSA) is 60.8 Å². The number of para-hydroxylation sites is 2. The Hall–Kier alpha value is -2.25. The summed E-state index contributed by atoms with van der Waals surface area (Å²) in [6.07, 6.45) is 0.00807. The zero-order valence-electron chi connectivity index (χ0n) is 15.4. The minimum absolute atomic E-state index is 0.00807. The molecule has 1 atom stereocenters. The number of ether oxygens (including phenoxy) is 3. The standard InChI is InChI=1S/C19H26N4O3/c1-14-16(19(22(2)21-14)23-7-9-24-10-8-23)12-20-11-15-13-25-17-5-3-4-6-18(17)26-15/h3-6,15,20H,7-13H2,1-2H3. The maximum Gasteiger partial charge on any atom is 0.161 e. The van der Waals surface area contributed by atoms with E-state index in [0.717, 1.165) is 56.6 Å². The predicted octanol–water partition coefficient (Wildman–Crippen LogP) is 1.49. The Labute approximate surface area is 153 Å². The van der Waals surface area contributed by atoms with E-state index >= 15 is 0 Å². The van der Waals surface area contributed by atoms with Gasteiger partial charge in [0.25, 0.3) is 0 Å². The molecule has 4 rings (SSSR count). The molecular formula is C19H26N4O3. The van der Waals surface area contributed by atoms with Crippen molar-refractivity contribution in [3.05, 3.63) is 35.5 Å². The van der Waals surface area contributed by atoms with Gasteiger partial charge in [-0.1, -0.05) is 12.1 Å². The van der Waals surface area contributed by atoms with E-state index in [-0.39, 0.29) is 6.10 Å². The molecule has 140 valence electrons. The minimum atomic E-state index is 0.00807. The summed E-state index contributed by atoms with van der Waals surface area (Å²) in [4.78, 5) is 2.36. The first-order chi connectivity index (χ1) is 12.7. The van der Waals surface area contributed by atoms with E-state index in [1.165, 1.54) is 11.4 Å². The third-order valence-electron chi connectivity index (χ3n) is 4.87. The van der Waals surface area contributed by atoms with Crippen molar-refractivity contribution in [2.45, 2.75) is 19.6 Å². The SMILES string of the molecule is Cc1nn(C)c(N2CCOCC2)c1CNCC1COc2ccccc2O1. The van der Waals surface area contributed by atoms with Crippen molar-refractivity contribution in [2.75, 3.05) is 44.4 Å². The summed E-state index contributed by atoms with van der Waals surface area (Å²) >= 11 is 0. The first kappa shape index (κ1) is 17.2. The molecule has 1 saturated heterocycles. The second kappa shape index (κ2) is 7.55. The molecule has 0 amide bonds. The predicted molar refractivity (Wildman–Crippen MR) is 99.0 cm³/mol. The third-order valence-corrected chi connectivity index (χ3v) is 4.87. The number of rotatable bonds is 5. The normalized spacial score (nSPS) is 19.6. The molecule has 1 unspecified atom stereocenters. The van der Waals surface area contributed by atoms with Crippen LogP contribution in [0.15, 0.2) is 24.3 Å². The molecule has 3 heterocycles. The van der Waals surface area contributed by atoms with Crippen LogP contribution >= 0.6 is 0 Å². The Bertz CT molecular complexity index is 755. The zero-order valence-corrected chi connectivity index (χ0v) is 15.4. The fraction of sp³-hybridized carbons (Fsp3) is 0.526. The summed E-state index contributed by atoms with van der Waals surface area (Å²) in [6, 6.07) is 7.81. The molecule has 2 aliphatic heterocycles. The van der Waals surface area contributed by atoms with Crippen LogP contribution in [0.4, 0.5) is 5.82 Å². The van der Waals surface area contributed by atoms with Crippen molar-refractivity contribution >= 4 is 5.82 Å². The maximum absolute atomic E-state index is 6.02. The number of morpholine rings is 1. The molecule has 7 nitrogen and oxygen atoms in total. The van der Waals surface area contributed by atoms with Crippen LogP contribution in [-0.4, -0.2) is 55.3 Å². The molecule has 0 saturated carbocycles. The largest absolute Gasteiger partial charge is 0.486 e. The first-order valence-electron chi connectivity index (χ1n) is 9.16. The lowest BCUT2D eigenvalue weighted by atomic mass is 10.2. The number of aromatic nitrogens is 2. The van der Waals surface area contributed by atoms with Gasteiger partial charge in [-0.15, -0.1) is 0 Å². The summed E-state index contributed by atoms with van der Waals surface area (Å²) in [5.74, 6) is 2.82. The first-order valence-corrected chi connectivity index (χ1v) is 9.16. The lowest BCUT2D eigenvalue weighted by Gasteiger charge is -2.30.